The molecule has 1 aromatic rings. The molecule has 1 atom stereocenters. The van der Waals surface area contributed by atoms with Gasteiger partial charge < -0.3 is 10.1 Å². The van der Waals surface area contributed by atoms with Gasteiger partial charge in [0.2, 0.25) is 5.91 Å². The summed E-state index contributed by atoms with van der Waals surface area (Å²) in [6, 6.07) is 9.50. The number of hydrogen-bond donors (Lipinski definition) is 1. The summed E-state index contributed by atoms with van der Waals surface area (Å²) in [4.78, 5) is 21.8. The van der Waals surface area contributed by atoms with Crippen LogP contribution in [0.5, 0.6) is 0 Å². The van der Waals surface area contributed by atoms with Gasteiger partial charge in [0.15, 0.2) is 0 Å². The van der Waals surface area contributed by atoms with Crippen LogP contribution in [-0.2, 0) is 14.3 Å². The van der Waals surface area contributed by atoms with E-state index in [1.54, 1.807) is 0 Å². The van der Waals surface area contributed by atoms with Crippen molar-refractivity contribution < 1.29 is 14.3 Å². The summed E-state index contributed by atoms with van der Waals surface area (Å²) < 4.78 is 4.89. The topological polar surface area (TPSA) is 55.4 Å². The third-order valence-corrected chi connectivity index (χ3v) is 2.29. The van der Waals surface area contributed by atoms with E-state index < -0.39 is 0 Å². The summed E-state index contributed by atoms with van der Waals surface area (Å²) in [5.74, 6) is -0.402. The molecule has 1 rings (SSSR count). The van der Waals surface area contributed by atoms with Crippen LogP contribution in [0.15, 0.2) is 30.3 Å². The lowest BCUT2D eigenvalue weighted by Crippen LogP contribution is -2.27. The van der Waals surface area contributed by atoms with Crippen LogP contribution in [0.4, 0.5) is 0 Å². The van der Waals surface area contributed by atoms with Crippen LogP contribution in [-0.4, -0.2) is 18.5 Å². The van der Waals surface area contributed by atoms with E-state index in [1.807, 2.05) is 30.3 Å². The standard InChI is InChI=1S/C13H17NO3/c1-10(15)14-13(8-9-17-11(2)16)12-6-4-3-5-7-12/h3-7,13H,8-9H2,1-2H3,(H,14,15)/t13-/m1/s1. The number of carbonyl (C=O) groups excluding carboxylic acids is 2. The normalized spacial score (nSPS) is 11.6. The fraction of sp³-hybridized carbons (Fsp3) is 0.385. The smallest absolute Gasteiger partial charge is 0.302 e. The average Bonchev–Trinajstić information content (AvgIpc) is 2.28. The van der Waals surface area contributed by atoms with Crippen molar-refractivity contribution in [1.82, 2.24) is 5.32 Å². The molecule has 4 heteroatoms. The molecule has 17 heavy (non-hydrogen) atoms. The van der Waals surface area contributed by atoms with Gasteiger partial charge in [-0.25, -0.2) is 0 Å². The number of carbonyl (C=O) groups is 2. The van der Waals surface area contributed by atoms with Gasteiger partial charge in [0.1, 0.15) is 0 Å². The molecule has 0 spiro atoms. The second kappa shape index (κ2) is 6.68. The van der Waals surface area contributed by atoms with E-state index in [-0.39, 0.29) is 17.9 Å². The lowest BCUT2D eigenvalue weighted by atomic mass is 10.0. The zero-order valence-electron chi connectivity index (χ0n) is 10.1. The van der Waals surface area contributed by atoms with Crippen LogP contribution in [0.25, 0.3) is 0 Å². The van der Waals surface area contributed by atoms with E-state index in [4.69, 9.17) is 4.74 Å². The van der Waals surface area contributed by atoms with Gasteiger partial charge in [-0.05, 0) is 5.56 Å². The summed E-state index contributed by atoms with van der Waals surface area (Å²) in [6.07, 6.45) is 0.573. The predicted octanol–water partition coefficient (Wildman–Crippen LogP) is 1.82. The fourth-order valence-corrected chi connectivity index (χ4v) is 1.57. The molecule has 92 valence electrons. The second-order valence-corrected chi connectivity index (χ2v) is 3.79. The third-order valence-electron chi connectivity index (χ3n) is 2.29. The molecule has 1 N–H and O–H groups in total. The van der Waals surface area contributed by atoms with Gasteiger partial charge in [-0.1, -0.05) is 30.3 Å². The Kier molecular flexibility index (Phi) is 5.20. The van der Waals surface area contributed by atoms with Crippen molar-refractivity contribution >= 4 is 11.9 Å². The molecule has 1 aromatic carbocycles. The first kappa shape index (κ1) is 13.2. The zero-order chi connectivity index (χ0) is 12.7. The first-order chi connectivity index (χ1) is 8.09. The van der Waals surface area contributed by atoms with E-state index in [0.29, 0.717) is 13.0 Å². The van der Waals surface area contributed by atoms with Crippen molar-refractivity contribution in [2.24, 2.45) is 0 Å². The van der Waals surface area contributed by atoms with E-state index in [1.165, 1.54) is 13.8 Å². The molecule has 0 aliphatic carbocycles. The minimum absolute atomic E-state index is 0.0957. The van der Waals surface area contributed by atoms with Crippen molar-refractivity contribution in [3.8, 4) is 0 Å². The van der Waals surface area contributed by atoms with Crippen LogP contribution >= 0.6 is 0 Å². The molecular weight excluding hydrogens is 218 g/mol. The Morgan fingerprint density at radius 1 is 1.24 bits per heavy atom. The lowest BCUT2D eigenvalue weighted by molar-refractivity contribution is -0.141. The summed E-state index contributed by atoms with van der Waals surface area (Å²) in [5, 5.41) is 2.84. The Balaban J connectivity index is 2.61. The molecule has 0 aliphatic rings. The highest BCUT2D eigenvalue weighted by Crippen LogP contribution is 2.16. The number of benzene rings is 1. The number of nitrogens with one attached hydrogen (secondary N) is 1. The monoisotopic (exact) mass is 235 g/mol. The van der Waals surface area contributed by atoms with E-state index in [0.717, 1.165) is 5.56 Å². The third kappa shape index (κ3) is 5.15. The molecule has 0 unspecified atom stereocenters. The van der Waals surface area contributed by atoms with Gasteiger partial charge in [0.05, 0.1) is 12.6 Å². The quantitative estimate of drug-likeness (QED) is 0.792. The van der Waals surface area contributed by atoms with Crippen molar-refractivity contribution in [2.75, 3.05) is 6.61 Å². The van der Waals surface area contributed by atoms with Gasteiger partial charge in [-0.3, -0.25) is 9.59 Å². The van der Waals surface area contributed by atoms with Crippen LogP contribution in [0.2, 0.25) is 0 Å². The van der Waals surface area contributed by atoms with Gasteiger partial charge in [-0.15, -0.1) is 0 Å². The Hall–Kier alpha value is -1.84. The first-order valence-electron chi connectivity index (χ1n) is 5.55. The number of hydrogen-bond acceptors (Lipinski definition) is 3. The minimum Gasteiger partial charge on any atom is -0.466 e. The molecule has 0 fully saturated rings. The molecule has 0 radical (unpaired) electrons. The second-order valence-electron chi connectivity index (χ2n) is 3.79. The van der Waals surface area contributed by atoms with Crippen LogP contribution in [0, 0.1) is 0 Å². The molecule has 0 saturated heterocycles. The van der Waals surface area contributed by atoms with Gasteiger partial charge in [0, 0.05) is 20.3 Å². The lowest BCUT2D eigenvalue weighted by Gasteiger charge is -2.18. The Bertz CT molecular complexity index is 376. The van der Waals surface area contributed by atoms with Crippen LogP contribution in [0.3, 0.4) is 0 Å². The number of ether oxygens (including phenoxy) is 1. The summed E-state index contributed by atoms with van der Waals surface area (Å²) in [7, 11) is 0. The van der Waals surface area contributed by atoms with Crippen molar-refractivity contribution in [3.05, 3.63) is 35.9 Å². The first-order valence-corrected chi connectivity index (χ1v) is 5.55. The molecule has 0 aliphatic heterocycles. The number of amides is 1. The molecule has 0 saturated carbocycles. The maximum absolute atomic E-state index is 11.1. The molecule has 1 amide bonds. The SMILES string of the molecule is CC(=O)N[C@H](CCOC(C)=O)c1ccccc1. The molecule has 4 nitrogen and oxygen atoms in total. The summed E-state index contributed by atoms with van der Waals surface area (Å²) >= 11 is 0. The number of rotatable bonds is 5. The van der Waals surface area contributed by atoms with E-state index in [2.05, 4.69) is 5.32 Å². The highest BCUT2D eigenvalue weighted by molar-refractivity contribution is 5.73. The predicted molar refractivity (Wildman–Crippen MR) is 64.2 cm³/mol. The molecule has 0 heterocycles. The minimum atomic E-state index is -0.306. The Morgan fingerprint density at radius 3 is 2.41 bits per heavy atom. The Labute approximate surface area is 101 Å². The van der Waals surface area contributed by atoms with E-state index in [9.17, 15) is 9.59 Å². The largest absolute Gasteiger partial charge is 0.466 e. The fourth-order valence-electron chi connectivity index (χ4n) is 1.57. The molecule has 0 bridgehead atoms. The summed E-state index contributed by atoms with van der Waals surface area (Å²) in [5.41, 5.74) is 1.01. The Morgan fingerprint density at radius 2 is 1.88 bits per heavy atom. The van der Waals surface area contributed by atoms with Crippen molar-refractivity contribution in [1.29, 1.82) is 0 Å². The van der Waals surface area contributed by atoms with Crippen molar-refractivity contribution in [3.63, 3.8) is 0 Å². The zero-order valence-corrected chi connectivity index (χ0v) is 10.1. The maximum atomic E-state index is 11.1. The van der Waals surface area contributed by atoms with Crippen LogP contribution < -0.4 is 5.32 Å². The van der Waals surface area contributed by atoms with Gasteiger partial charge >= 0.3 is 5.97 Å². The molecular formula is C13H17NO3. The van der Waals surface area contributed by atoms with Gasteiger partial charge in [0.25, 0.3) is 0 Å². The molecule has 0 aromatic heterocycles. The maximum Gasteiger partial charge on any atom is 0.302 e. The average molecular weight is 235 g/mol. The van der Waals surface area contributed by atoms with Gasteiger partial charge in [-0.2, -0.15) is 0 Å². The van der Waals surface area contributed by atoms with Crippen LogP contribution in [0.1, 0.15) is 31.9 Å². The summed E-state index contributed by atoms with van der Waals surface area (Å²) in [6.45, 7) is 3.15. The highest BCUT2D eigenvalue weighted by atomic mass is 16.5. The highest BCUT2D eigenvalue weighted by Gasteiger charge is 2.12. The van der Waals surface area contributed by atoms with Crippen molar-refractivity contribution in [2.45, 2.75) is 26.3 Å². The van der Waals surface area contributed by atoms with E-state index >= 15 is 0 Å². The number of esters is 1.